The Balaban J connectivity index is 1.75. The van der Waals surface area contributed by atoms with Crippen molar-refractivity contribution in [2.45, 2.75) is 39.8 Å². The molecule has 0 aromatic heterocycles. The molecule has 0 bridgehead atoms. The Morgan fingerprint density at radius 3 is 2.54 bits per heavy atom. The molecule has 1 atom stereocenters. The van der Waals surface area contributed by atoms with Gasteiger partial charge in [0.2, 0.25) is 11.8 Å². The summed E-state index contributed by atoms with van der Waals surface area (Å²) in [4.78, 5) is 29.3. The predicted molar refractivity (Wildman–Crippen MR) is 104 cm³/mol. The number of benzene rings is 2. The van der Waals surface area contributed by atoms with Gasteiger partial charge in [-0.2, -0.15) is 0 Å². The average molecular weight is 350 g/mol. The van der Waals surface area contributed by atoms with E-state index in [1.165, 1.54) is 0 Å². The number of carbonyl (C=O) groups is 2. The Hall–Kier alpha value is -2.62. The summed E-state index contributed by atoms with van der Waals surface area (Å²) in [5.74, 6) is -0.196. The summed E-state index contributed by atoms with van der Waals surface area (Å²) in [7, 11) is 0. The van der Waals surface area contributed by atoms with Crippen molar-refractivity contribution in [3.63, 3.8) is 0 Å². The molecule has 4 heteroatoms. The maximum atomic E-state index is 13.1. The standard InChI is InChI=1S/C22H26N2O2/c1-16(2)23(14-18-9-5-4-6-10-18)22(26)19-13-21(25)24(15-19)20-11-7-8-17(3)12-20/h4-12,16,19H,13-15H2,1-3H3. The van der Waals surface area contributed by atoms with Gasteiger partial charge in [-0.25, -0.2) is 0 Å². The summed E-state index contributed by atoms with van der Waals surface area (Å²) < 4.78 is 0. The van der Waals surface area contributed by atoms with E-state index in [1.807, 2.05) is 80.3 Å². The van der Waals surface area contributed by atoms with Crippen molar-refractivity contribution in [1.29, 1.82) is 0 Å². The summed E-state index contributed by atoms with van der Waals surface area (Å²) in [6, 6.07) is 18.0. The Morgan fingerprint density at radius 1 is 1.15 bits per heavy atom. The molecule has 1 heterocycles. The largest absolute Gasteiger partial charge is 0.336 e. The molecule has 2 aromatic carbocycles. The highest BCUT2D eigenvalue weighted by molar-refractivity contribution is 6.00. The summed E-state index contributed by atoms with van der Waals surface area (Å²) in [5.41, 5.74) is 3.09. The summed E-state index contributed by atoms with van der Waals surface area (Å²) >= 11 is 0. The van der Waals surface area contributed by atoms with E-state index in [9.17, 15) is 9.59 Å². The number of hydrogen-bond donors (Lipinski definition) is 0. The molecule has 136 valence electrons. The lowest BCUT2D eigenvalue weighted by atomic mass is 10.1. The highest BCUT2D eigenvalue weighted by Crippen LogP contribution is 2.28. The zero-order valence-electron chi connectivity index (χ0n) is 15.7. The SMILES string of the molecule is Cc1cccc(N2CC(C(=O)N(Cc3ccccc3)C(C)C)CC2=O)c1. The Morgan fingerprint density at radius 2 is 1.88 bits per heavy atom. The topological polar surface area (TPSA) is 40.6 Å². The fourth-order valence-electron chi connectivity index (χ4n) is 3.45. The lowest BCUT2D eigenvalue weighted by molar-refractivity contribution is -0.138. The number of amides is 2. The van der Waals surface area contributed by atoms with Crippen LogP contribution in [-0.2, 0) is 16.1 Å². The van der Waals surface area contributed by atoms with Crippen molar-refractivity contribution in [3.8, 4) is 0 Å². The lowest BCUT2D eigenvalue weighted by Gasteiger charge is -2.29. The maximum Gasteiger partial charge on any atom is 0.228 e. The van der Waals surface area contributed by atoms with Crippen LogP contribution in [0.1, 0.15) is 31.4 Å². The van der Waals surface area contributed by atoms with Crippen LogP contribution in [0.15, 0.2) is 54.6 Å². The van der Waals surface area contributed by atoms with Crippen molar-refractivity contribution in [3.05, 3.63) is 65.7 Å². The number of hydrogen-bond acceptors (Lipinski definition) is 2. The molecule has 4 nitrogen and oxygen atoms in total. The van der Waals surface area contributed by atoms with Gasteiger partial charge in [0, 0.05) is 31.2 Å². The minimum Gasteiger partial charge on any atom is -0.336 e. The molecule has 1 aliphatic rings. The third-order valence-electron chi connectivity index (χ3n) is 4.89. The predicted octanol–water partition coefficient (Wildman–Crippen LogP) is 3.79. The smallest absolute Gasteiger partial charge is 0.228 e. The fraction of sp³-hybridized carbons (Fsp3) is 0.364. The first kappa shape index (κ1) is 18.2. The summed E-state index contributed by atoms with van der Waals surface area (Å²) in [6.07, 6.45) is 0.283. The number of rotatable bonds is 5. The summed E-state index contributed by atoms with van der Waals surface area (Å²) in [5, 5.41) is 0. The maximum absolute atomic E-state index is 13.1. The molecule has 1 aliphatic heterocycles. The molecule has 0 aliphatic carbocycles. The van der Waals surface area contributed by atoms with Crippen LogP contribution in [0, 0.1) is 12.8 Å². The quantitative estimate of drug-likeness (QED) is 0.823. The van der Waals surface area contributed by atoms with Crippen LogP contribution in [0.4, 0.5) is 5.69 Å². The van der Waals surface area contributed by atoms with Gasteiger partial charge < -0.3 is 9.80 Å². The van der Waals surface area contributed by atoms with Gasteiger partial charge in [0.1, 0.15) is 0 Å². The molecular weight excluding hydrogens is 324 g/mol. The Kier molecular flexibility index (Phi) is 5.40. The van der Waals surface area contributed by atoms with E-state index < -0.39 is 0 Å². The molecule has 0 radical (unpaired) electrons. The first-order valence-electron chi connectivity index (χ1n) is 9.17. The highest BCUT2D eigenvalue weighted by atomic mass is 16.2. The van der Waals surface area contributed by atoms with E-state index in [-0.39, 0.29) is 30.2 Å². The van der Waals surface area contributed by atoms with E-state index in [2.05, 4.69) is 0 Å². The van der Waals surface area contributed by atoms with Crippen molar-refractivity contribution >= 4 is 17.5 Å². The van der Waals surface area contributed by atoms with Crippen LogP contribution < -0.4 is 4.90 Å². The van der Waals surface area contributed by atoms with Gasteiger partial charge in [0.05, 0.1) is 5.92 Å². The van der Waals surface area contributed by atoms with Gasteiger partial charge in [-0.1, -0.05) is 42.5 Å². The normalized spacial score (nSPS) is 17.0. The summed E-state index contributed by atoms with van der Waals surface area (Å²) in [6.45, 7) is 7.09. The monoisotopic (exact) mass is 350 g/mol. The molecule has 0 spiro atoms. The van der Waals surface area contributed by atoms with Gasteiger partial charge in [-0.05, 0) is 44.0 Å². The van der Waals surface area contributed by atoms with E-state index in [1.54, 1.807) is 4.90 Å². The Bertz CT molecular complexity index is 786. The second-order valence-electron chi connectivity index (χ2n) is 7.29. The van der Waals surface area contributed by atoms with Crippen molar-refractivity contribution in [2.24, 2.45) is 5.92 Å². The van der Waals surface area contributed by atoms with Crippen LogP contribution in [0.3, 0.4) is 0 Å². The molecule has 2 aromatic rings. The first-order chi connectivity index (χ1) is 12.5. The number of aryl methyl sites for hydroxylation is 1. The van der Waals surface area contributed by atoms with Crippen LogP contribution in [-0.4, -0.2) is 29.3 Å². The second-order valence-corrected chi connectivity index (χ2v) is 7.29. The van der Waals surface area contributed by atoms with Crippen molar-refractivity contribution in [2.75, 3.05) is 11.4 Å². The van der Waals surface area contributed by atoms with Gasteiger partial charge in [-0.3, -0.25) is 9.59 Å². The number of nitrogens with zero attached hydrogens (tertiary/aromatic N) is 2. The zero-order chi connectivity index (χ0) is 18.7. The van der Waals surface area contributed by atoms with E-state index >= 15 is 0 Å². The molecule has 3 rings (SSSR count). The molecular formula is C22H26N2O2. The first-order valence-corrected chi connectivity index (χ1v) is 9.17. The third kappa shape index (κ3) is 3.96. The zero-order valence-corrected chi connectivity index (χ0v) is 15.7. The van der Waals surface area contributed by atoms with Gasteiger partial charge in [0.25, 0.3) is 0 Å². The van der Waals surface area contributed by atoms with E-state index in [4.69, 9.17) is 0 Å². The molecule has 1 saturated heterocycles. The van der Waals surface area contributed by atoms with Crippen LogP contribution in [0.5, 0.6) is 0 Å². The number of carbonyl (C=O) groups excluding carboxylic acids is 2. The minimum absolute atomic E-state index is 0.0253. The number of anilines is 1. The fourth-order valence-corrected chi connectivity index (χ4v) is 3.45. The van der Waals surface area contributed by atoms with Gasteiger partial charge >= 0.3 is 0 Å². The van der Waals surface area contributed by atoms with Crippen molar-refractivity contribution < 1.29 is 9.59 Å². The molecule has 0 N–H and O–H groups in total. The van der Waals surface area contributed by atoms with Crippen molar-refractivity contribution in [1.82, 2.24) is 4.90 Å². The molecule has 0 saturated carbocycles. The second kappa shape index (κ2) is 7.73. The Labute approximate surface area is 155 Å². The highest BCUT2D eigenvalue weighted by Gasteiger charge is 2.37. The molecule has 1 unspecified atom stereocenters. The van der Waals surface area contributed by atoms with Gasteiger partial charge in [0.15, 0.2) is 0 Å². The van der Waals surface area contributed by atoms with Crippen LogP contribution >= 0.6 is 0 Å². The van der Waals surface area contributed by atoms with Crippen LogP contribution in [0.25, 0.3) is 0 Å². The molecule has 26 heavy (non-hydrogen) atoms. The van der Waals surface area contributed by atoms with Crippen LogP contribution in [0.2, 0.25) is 0 Å². The van der Waals surface area contributed by atoms with E-state index in [0.29, 0.717) is 13.1 Å². The lowest BCUT2D eigenvalue weighted by Crippen LogP contribution is -2.41. The third-order valence-corrected chi connectivity index (χ3v) is 4.89. The van der Waals surface area contributed by atoms with Gasteiger partial charge in [-0.15, -0.1) is 0 Å². The van der Waals surface area contributed by atoms with E-state index in [0.717, 1.165) is 16.8 Å². The molecule has 2 amide bonds. The minimum atomic E-state index is -0.283. The average Bonchev–Trinajstić information content (AvgIpc) is 3.01. The molecule has 1 fully saturated rings.